The lowest BCUT2D eigenvalue weighted by Gasteiger charge is -2.44. The van der Waals surface area contributed by atoms with Gasteiger partial charge in [0.05, 0.1) is 5.84 Å². The summed E-state index contributed by atoms with van der Waals surface area (Å²) in [5, 5.41) is 0. The fourth-order valence-corrected chi connectivity index (χ4v) is 3.70. The van der Waals surface area contributed by atoms with Gasteiger partial charge in [0.25, 0.3) is 0 Å². The lowest BCUT2D eigenvalue weighted by Crippen LogP contribution is -2.48. The van der Waals surface area contributed by atoms with E-state index in [-0.39, 0.29) is 0 Å². The van der Waals surface area contributed by atoms with E-state index in [2.05, 4.69) is 117 Å². The smallest absolute Gasteiger partial charge is 0.117 e. The molecule has 0 amide bonds. The van der Waals surface area contributed by atoms with E-state index in [4.69, 9.17) is 4.99 Å². The number of aliphatic imine (C=N–C) groups is 1. The van der Waals surface area contributed by atoms with E-state index in [1.54, 1.807) is 0 Å². The van der Waals surface area contributed by atoms with E-state index < -0.39 is 5.54 Å². The Bertz CT molecular complexity index is 742. The van der Waals surface area contributed by atoms with Crippen LogP contribution in [0.3, 0.4) is 0 Å². The summed E-state index contributed by atoms with van der Waals surface area (Å²) >= 11 is 0. The molecule has 0 N–H and O–H groups in total. The third kappa shape index (κ3) is 3.15. The molecule has 26 heavy (non-hydrogen) atoms. The number of hydrogen-bond donors (Lipinski definition) is 0. The van der Waals surface area contributed by atoms with Crippen LogP contribution in [0.2, 0.25) is 0 Å². The first-order valence-corrected chi connectivity index (χ1v) is 9.12. The van der Waals surface area contributed by atoms with Crippen molar-refractivity contribution in [1.82, 2.24) is 4.90 Å². The first-order valence-electron chi connectivity index (χ1n) is 9.12. The molecule has 3 aromatic carbocycles. The number of hydrogen-bond acceptors (Lipinski definition) is 1. The van der Waals surface area contributed by atoms with Crippen LogP contribution >= 0.6 is 0 Å². The lowest BCUT2D eigenvalue weighted by molar-refractivity contribution is 0.314. The monoisotopic (exact) mass is 342 g/mol. The van der Waals surface area contributed by atoms with Crippen molar-refractivity contribution < 1.29 is 0 Å². The molecule has 3 rings (SSSR count). The Morgan fingerprint density at radius 2 is 1.08 bits per heavy atom. The zero-order valence-corrected chi connectivity index (χ0v) is 15.8. The van der Waals surface area contributed by atoms with Crippen LogP contribution in [0.5, 0.6) is 0 Å². The molecule has 2 heteroatoms. The molecule has 0 aliphatic rings. The molecule has 0 aromatic heterocycles. The molecule has 0 fully saturated rings. The maximum absolute atomic E-state index is 4.71. The van der Waals surface area contributed by atoms with Crippen LogP contribution in [-0.2, 0) is 5.54 Å². The molecule has 0 spiro atoms. The standard InChI is InChI=1S/C24H26N2/c1-4-25-20(2)26(3)24(21-14-8-5-9-15-21,22-16-10-6-11-17-22)23-18-12-7-13-19-23/h5-19H,4H2,1-3H3. The van der Waals surface area contributed by atoms with E-state index in [0.29, 0.717) is 0 Å². The van der Waals surface area contributed by atoms with E-state index in [9.17, 15) is 0 Å². The minimum atomic E-state index is -0.438. The maximum atomic E-state index is 4.71. The van der Waals surface area contributed by atoms with Gasteiger partial charge in [-0.05, 0) is 30.5 Å². The second-order valence-electron chi connectivity index (χ2n) is 6.39. The van der Waals surface area contributed by atoms with Crippen LogP contribution in [0.1, 0.15) is 30.5 Å². The predicted molar refractivity (Wildman–Crippen MR) is 111 cm³/mol. The average Bonchev–Trinajstić information content (AvgIpc) is 2.71. The van der Waals surface area contributed by atoms with Crippen LogP contribution in [0.25, 0.3) is 0 Å². The fourth-order valence-electron chi connectivity index (χ4n) is 3.70. The summed E-state index contributed by atoms with van der Waals surface area (Å²) in [6, 6.07) is 32.1. The highest BCUT2D eigenvalue weighted by molar-refractivity contribution is 5.82. The van der Waals surface area contributed by atoms with Gasteiger partial charge < -0.3 is 4.90 Å². The Labute approximate surface area is 156 Å². The topological polar surface area (TPSA) is 15.6 Å². The van der Waals surface area contributed by atoms with Crippen molar-refractivity contribution in [1.29, 1.82) is 0 Å². The van der Waals surface area contributed by atoms with Crippen molar-refractivity contribution in [2.24, 2.45) is 4.99 Å². The Kier molecular flexibility index (Phi) is 5.52. The summed E-state index contributed by atoms with van der Waals surface area (Å²) in [4.78, 5) is 7.01. The van der Waals surface area contributed by atoms with Crippen LogP contribution in [0.15, 0.2) is 96.0 Å². The molecule has 0 radical (unpaired) electrons. The molecule has 0 saturated carbocycles. The molecule has 0 heterocycles. The summed E-state index contributed by atoms with van der Waals surface area (Å²) in [6.45, 7) is 4.93. The molecule has 2 nitrogen and oxygen atoms in total. The molecule has 0 bridgehead atoms. The van der Waals surface area contributed by atoms with Gasteiger partial charge in [0, 0.05) is 13.6 Å². The van der Waals surface area contributed by atoms with Gasteiger partial charge in [0.15, 0.2) is 0 Å². The van der Waals surface area contributed by atoms with E-state index in [1.165, 1.54) is 16.7 Å². The van der Waals surface area contributed by atoms with E-state index >= 15 is 0 Å². The van der Waals surface area contributed by atoms with Gasteiger partial charge in [-0.3, -0.25) is 4.99 Å². The number of nitrogens with zero attached hydrogens (tertiary/aromatic N) is 2. The van der Waals surface area contributed by atoms with E-state index in [1.807, 2.05) is 0 Å². The second kappa shape index (κ2) is 8.01. The van der Waals surface area contributed by atoms with Gasteiger partial charge in [-0.2, -0.15) is 0 Å². The SMILES string of the molecule is CCN=C(C)N(C)C(c1ccccc1)(c1ccccc1)c1ccccc1. The zero-order chi connectivity index (χ0) is 18.4. The molecule has 0 unspecified atom stereocenters. The third-order valence-corrected chi connectivity index (χ3v) is 4.95. The van der Waals surface area contributed by atoms with Crippen molar-refractivity contribution in [3.05, 3.63) is 108 Å². The highest BCUT2D eigenvalue weighted by Gasteiger charge is 2.40. The Morgan fingerprint density at radius 1 is 0.731 bits per heavy atom. The quantitative estimate of drug-likeness (QED) is 0.347. The first-order chi connectivity index (χ1) is 12.7. The number of amidine groups is 1. The van der Waals surface area contributed by atoms with Crippen LogP contribution in [0, 0.1) is 0 Å². The minimum Gasteiger partial charge on any atom is -0.346 e. The largest absolute Gasteiger partial charge is 0.346 e. The summed E-state index contributed by atoms with van der Waals surface area (Å²) < 4.78 is 0. The Hall–Kier alpha value is -2.87. The highest BCUT2D eigenvalue weighted by atomic mass is 15.2. The molecule has 3 aromatic rings. The van der Waals surface area contributed by atoms with Gasteiger partial charge >= 0.3 is 0 Å². The molecule has 0 saturated heterocycles. The molecule has 132 valence electrons. The summed E-state index contributed by atoms with van der Waals surface area (Å²) in [6.07, 6.45) is 0. The molecule has 0 aliphatic heterocycles. The third-order valence-electron chi connectivity index (χ3n) is 4.95. The second-order valence-corrected chi connectivity index (χ2v) is 6.39. The van der Waals surface area contributed by atoms with Crippen LogP contribution in [-0.4, -0.2) is 24.3 Å². The average molecular weight is 342 g/mol. The molecule has 0 aliphatic carbocycles. The van der Waals surface area contributed by atoms with Crippen LogP contribution < -0.4 is 0 Å². The normalized spacial score (nSPS) is 12.0. The fraction of sp³-hybridized carbons (Fsp3) is 0.208. The van der Waals surface area contributed by atoms with Gasteiger partial charge in [-0.25, -0.2) is 0 Å². The molecule has 0 atom stereocenters. The van der Waals surface area contributed by atoms with Gasteiger partial charge in [0.1, 0.15) is 5.54 Å². The number of benzene rings is 3. The lowest BCUT2D eigenvalue weighted by atomic mass is 9.75. The summed E-state index contributed by atoms with van der Waals surface area (Å²) in [5.74, 6) is 1.02. The predicted octanol–water partition coefficient (Wildman–Crippen LogP) is 5.35. The minimum absolute atomic E-state index is 0.438. The van der Waals surface area contributed by atoms with Crippen molar-refractivity contribution >= 4 is 5.84 Å². The molecular formula is C24H26N2. The van der Waals surface area contributed by atoms with Crippen LogP contribution in [0.4, 0.5) is 0 Å². The van der Waals surface area contributed by atoms with Crippen molar-refractivity contribution in [3.8, 4) is 0 Å². The summed E-state index contributed by atoms with van der Waals surface area (Å²) in [5.41, 5.74) is 3.24. The zero-order valence-electron chi connectivity index (χ0n) is 15.8. The maximum Gasteiger partial charge on any atom is 0.117 e. The van der Waals surface area contributed by atoms with E-state index in [0.717, 1.165) is 12.4 Å². The number of rotatable bonds is 5. The highest BCUT2D eigenvalue weighted by Crippen LogP contribution is 2.41. The van der Waals surface area contributed by atoms with Crippen molar-refractivity contribution in [2.75, 3.05) is 13.6 Å². The van der Waals surface area contributed by atoms with Gasteiger partial charge in [0.2, 0.25) is 0 Å². The van der Waals surface area contributed by atoms with Crippen molar-refractivity contribution in [2.45, 2.75) is 19.4 Å². The molecular weight excluding hydrogens is 316 g/mol. The first kappa shape index (κ1) is 17.9. The van der Waals surface area contributed by atoms with Gasteiger partial charge in [-0.1, -0.05) is 91.0 Å². The van der Waals surface area contributed by atoms with Crippen molar-refractivity contribution in [3.63, 3.8) is 0 Å². The van der Waals surface area contributed by atoms with Gasteiger partial charge in [-0.15, -0.1) is 0 Å². The Morgan fingerprint density at radius 3 is 1.38 bits per heavy atom. The Balaban J connectivity index is 2.37. The summed E-state index contributed by atoms with van der Waals surface area (Å²) in [7, 11) is 2.14.